The van der Waals surface area contributed by atoms with Crippen molar-refractivity contribution in [1.82, 2.24) is 24.5 Å². The van der Waals surface area contributed by atoms with Crippen molar-refractivity contribution >= 4 is 104 Å². The van der Waals surface area contributed by atoms with Crippen LogP contribution < -0.4 is 58.8 Å². The minimum atomic E-state index is -3.69. The lowest BCUT2D eigenvalue weighted by atomic mass is 10.1. The third-order valence-electron chi connectivity index (χ3n) is 22.2. The summed E-state index contributed by atoms with van der Waals surface area (Å²) < 4.78 is 187. The van der Waals surface area contributed by atoms with Gasteiger partial charge in [-0.1, -0.05) is 106 Å². The summed E-state index contributed by atoms with van der Waals surface area (Å²) in [6, 6.07) is 76.6. The van der Waals surface area contributed by atoms with Crippen LogP contribution in [0.2, 0.25) is 0 Å². The van der Waals surface area contributed by atoms with E-state index in [4.69, 9.17) is 61.6 Å². The predicted molar refractivity (Wildman–Crippen MR) is 573 cm³/mol. The quantitative estimate of drug-likeness (QED) is 0.0174. The summed E-state index contributed by atoms with van der Waals surface area (Å²) in [5.41, 5.74) is 17.4. The summed E-state index contributed by atoms with van der Waals surface area (Å²) in [7, 11) is -16.9. The SMILES string of the molecule is CCN(CC)CCOc1ccc(NS(=O)(=O)c2ccc(C#N)cc2)cc1.CCN(CC)CCOc1ccc(NS(=O)(=O)c2ccc(C#N)cc2)cc1.CCN(CC)CCOc1ccc(NS(=O)(=O)c2ccc(CCC(C)=O)cc2)cc1.CCN(CC)CCOc1ccc(NS(=O)(=O)c2ccc(CN)cc2)cc1.CCN(CC)CCOc1ccc(NS(=O)(=O)c2ccc(CN)cc2)cc1.N#Cc1ccc(S(=O)(=O)Cl)cc1. The van der Waals surface area contributed by atoms with Crippen molar-refractivity contribution in [2.24, 2.45) is 11.5 Å². The van der Waals surface area contributed by atoms with Crippen LogP contribution in [0.15, 0.2) is 296 Å². The van der Waals surface area contributed by atoms with Crippen molar-refractivity contribution in [1.29, 1.82) is 15.8 Å². The molecule has 0 aliphatic rings. The highest BCUT2D eigenvalue weighted by Crippen LogP contribution is 2.28. The van der Waals surface area contributed by atoms with Crippen LogP contribution in [0.3, 0.4) is 0 Å². The maximum Gasteiger partial charge on any atom is 0.261 e. The summed E-state index contributed by atoms with van der Waals surface area (Å²) in [6.45, 7) is 40.5. The number of sulfonamides is 5. The Morgan fingerprint density at radius 3 is 0.607 bits per heavy atom. The first kappa shape index (κ1) is 121. The number of carbonyl (C=O) groups excluding carboxylic acids is 1. The molecule has 11 aromatic carbocycles. The van der Waals surface area contributed by atoms with Gasteiger partial charge in [-0.2, -0.15) is 15.8 Å². The van der Waals surface area contributed by atoms with Crippen LogP contribution in [0.25, 0.3) is 0 Å². The van der Waals surface area contributed by atoms with Gasteiger partial charge >= 0.3 is 0 Å². The molecular weight excluding hydrogens is 1990 g/mol. The van der Waals surface area contributed by atoms with E-state index >= 15 is 0 Å². The number of hydrogen-bond donors (Lipinski definition) is 7. The molecule has 0 spiro atoms. The fourth-order valence-corrected chi connectivity index (χ4v) is 19.3. The molecule has 9 N–H and O–H groups in total. The molecular formula is C105H134ClN15O18S6. The summed E-state index contributed by atoms with van der Waals surface area (Å²) in [5, 5.41) is 26.0. The van der Waals surface area contributed by atoms with Crippen LogP contribution in [-0.4, -0.2) is 212 Å². The number of benzene rings is 11. The van der Waals surface area contributed by atoms with Crippen LogP contribution >= 0.6 is 10.7 Å². The molecule has 0 amide bonds. The highest BCUT2D eigenvalue weighted by atomic mass is 35.7. The second kappa shape index (κ2) is 62.8. The number of halogens is 1. The minimum absolute atomic E-state index is 0.00293. The maximum absolute atomic E-state index is 12.6. The lowest BCUT2D eigenvalue weighted by molar-refractivity contribution is -0.117. The van der Waals surface area contributed by atoms with Gasteiger partial charge in [-0.05, 0) is 326 Å². The molecule has 33 nitrogen and oxygen atoms in total. The van der Waals surface area contributed by atoms with Gasteiger partial charge in [0.25, 0.3) is 59.2 Å². The second-order valence-electron chi connectivity index (χ2n) is 31.9. The third kappa shape index (κ3) is 44.0. The van der Waals surface area contributed by atoms with Gasteiger partial charge in [-0.3, -0.25) is 23.6 Å². The molecule has 0 aliphatic carbocycles. The highest BCUT2D eigenvalue weighted by molar-refractivity contribution is 8.13. The Labute approximate surface area is 862 Å². The standard InChI is InChI=1S/C22H30N2O4S.2C19H27N3O3S.2C19H23N3O3S.C7H4ClNO2S/c1-4-24(5-2)16-17-28-21-12-10-20(11-13-21)23-29(26,27)22-14-8-19(9-15-22)7-6-18(3)25;4*1-3-22(4-2)13-14-25-18-9-7-17(8-10-18)21-26(23,24)19-11-5-16(15-20)6-12-19;8-12(10,11)7-3-1-6(5-9)2-4-7/h8-15,23H,4-7,16-17H2,1-3H3;2*5-12,21H,3-4,13-15,20H2,1-2H3;2*5-12,21H,3-4,13-14H2,1-2H3;1-4H. The van der Waals surface area contributed by atoms with Crippen molar-refractivity contribution in [2.75, 3.05) is 155 Å². The van der Waals surface area contributed by atoms with Crippen molar-refractivity contribution in [2.45, 2.75) is 131 Å². The van der Waals surface area contributed by atoms with Crippen LogP contribution in [0.4, 0.5) is 28.4 Å². The smallest absolute Gasteiger partial charge is 0.261 e. The number of aryl methyl sites for hydroxylation is 1. The van der Waals surface area contributed by atoms with Gasteiger partial charge in [-0.25, -0.2) is 50.5 Å². The molecule has 145 heavy (non-hydrogen) atoms. The molecule has 0 fully saturated rings. The zero-order valence-electron chi connectivity index (χ0n) is 83.8. The Balaban J connectivity index is 0.000000269. The van der Waals surface area contributed by atoms with Gasteiger partial charge in [0.1, 0.15) is 67.6 Å². The van der Waals surface area contributed by atoms with E-state index in [1.807, 2.05) is 18.2 Å². The molecule has 0 aliphatic heterocycles. The van der Waals surface area contributed by atoms with Gasteiger partial charge in [0.15, 0.2) is 0 Å². The number of Topliss-reactive ketones (excluding diaryl/α,β-unsaturated/α-hetero) is 1. The zero-order chi connectivity index (χ0) is 106. The molecule has 0 unspecified atom stereocenters. The number of likely N-dealkylation sites (N-methyl/N-ethyl adjacent to an activating group) is 5. The lowest BCUT2D eigenvalue weighted by Gasteiger charge is -2.18. The van der Waals surface area contributed by atoms with E-state index in [1.54, 1.807) is 201 Å². The van der Waals surface area contributed by atoms with E-state index in [2.05, 4.69) is 117 Å². The van der Waals surface area contributed by atoms with E-state index < -0.39 is 59.2 Å². The molecule has 780 valence electrons. The summed E-state index contributed by atoms with van der Waals surface area (Å²) in [5.74, 6) is 3.63. The Hall–Kier alpha value is -12.7. The van der Waals surface area contributed by atoms with Crippen molar-refractivity contribution in [3.63, 3.8) is 0 Å². The first-order valence-corrected chi connectivity index (χ1v) is 57.0. The number of ether oxygens (including phenoxy) is 5. The van der Waals surface area contributed by atoms with Gasteiger partial charge in [-0.15, -0.1) is 0 Å². The van der Waals surface area contributed by atoms with Gasteiger partial charge in [0.05, 0.1) is 64.3 Å². The average molecular weight is 2120 g/mol. The number of nitriles is 3. The molecule has 0 saturated heterocycles. The van der Waals surface area contributed by atoms with Crippen LogP contribution in [0.5, 0.6) is 28.7 Å². The normalized spacial score (nSPS) is 11.3. The Bertz CT molecular complexity index is 6290. The maximum atomic E-state index is 12.6. The van der Waals surface area contributed by atoms with Crippen LogP contribution in [0.1, 0.15) is 116 Å². The molecule has 40 heteroatoms. The summed E-state index contributed by atoms with van der Waals surface area (Å²) >= 11 is 0. The number of nitrogens with two attached hydrogens (primary N) is 2. The van der Waals surface area contributed by atoms with E-state index in [0.29, 0.717) is 133 Å². The molecule has 11 rings (SSSR count). The van der Waals surface area contributed by atoms with Gasteiger partial charge < -0.3 is 64.4 Å². The fraction of sp³-hybridized carbons (Fsp3) is 0.333. The summed E-state index contributed by atoms with van der Waals surface area (Å²) in [6.07, 6.45) is 1.06. The molecule has 0 aromatic heterocycles. The second-order valence-corrected chi connectivity index (χ2v) is 42.9. The lowest BCUT2D eigenvalue weighted by Crippen LogP contribution is -2.27. The highest BCUT2D eigenvalue weighted by Gasteiger charge is 2.21. The number of nitrogens with one attached hydrogen (secondary N) is 5. The first-order valence-electron chi connectivity index (χ1n) is 47.3. The monoisotopic (exact) mass is 2120 g/mol. The third-order valence-corrected chi connectivity index (χ3v) is 30.5. The number of anilines is 5. The predicted octanol–water partition coefficient (Wildman–Crippen LogP) is 16.7. The number of nitrogens with zero attached hydrogens (tertiary/aromatic N) is 8. The molecule has 0 saturated carbocycles. The van der Waals surface area contributed by atoms with Crippen LogP contribution in [-0.2, 0) is 83.5 Å². The Kier molecular flexibility index (Phi) is 52.4. The summed E-state index contributed by atoms with van der Waals surface area (Å²) in [4.78, 5) is 23.2. The zero-order valence-corrected chi connectivity index (χ0v) is 89.4. The van der Waals surface area contributed by atoms with Crippen molar-refractivity contribution in [3.8, 4) is 47.0 Å². The van der Waals surface area contributed by atoms with Gasteiger partial charge in [0, 0.05) is 91.4 Å². The minimum Gasteiger partial charge on any atom is -0.492 e. The van der Waals surface area contributed by atoms with E-state index in [-0.39, 0.29) is 35.2 Å². The molecule has 0 atom stereocenters. The first-order chi connectivity index (χ1) is 69.3. The molecule has 0 bridgehead atoms. The van der Waals surface area contributed by atoms with Crippen LogP contribution in [0, 0.1) is 34.0 Å². The van der Waals surface area contributed by atoms with Gasteiger partial charge in [0.2, 0.25) is 0 Å². The molecule has 0 heterocycles. The number of ketones is 1. The number of carbonyl (C=O) groups is 1. The van der Waals surface area contributed by atoms with E-state index in [9.17, 15) is 55.3 Å². The largest absolute Gasteiger partial charge is 0.492 e. The topological polar surface area (TPSA) is 468 Å². The number of hydrogen-bond acceptors (Lipinski definition) is 28. The Morgan fingerprint density at radius 2 is 0.448 bits per heavy atom. The van der Waals surface area contributed by atoms with E-state index in [1.165, 1.54) is 72.8 Å². The van der Waals surface area contributed by atoms with Crippen molar-refractivity contribution in [3.05, 3.63) is 300 Å². The molecule has 0 radical (unpaired) electrons. The van der Waals surface area contributed by atoms with E-state index in [0.717, 1.165) is 115 Å². The molecule has 11 aromatic rings. The average Bonchev–Trinajstić information content (AvgIpc) is 0.846. The Morgan fingerprint density at radius 1 is 0.276 bits per heavy atom. The number of rotatable bonds is 51. The fourth-order valence-electron chi connectivity index (χ4n) is 13.2. The van der Waals surface area contributed by atoms with Crippen molar-refractivity contribution < 1.29 is 79.0 Å².